The van der Waals surface area contributed by atoms with Crippen molar-refractivity contribution in [2.24, 2.45) is 0 Å². The van der Waals surface area contributed by atoms with Gasteiger partial charge in [0.05, 0.1) is 19.4 Å². The first kappa shape index (κ1) is 13.5. The van der Waals surface area contributed by atoms with Gasteiger partial charge in [0, 0.05) is 4.90 Å². The fraction of sp³-hybridized carbons (Fsp3) is 0.214. The highest BCUT2D eigenvalue weighted by Gasteiger charge is 2.06. The van der Waals surface area contributed by atoms with Gasteiger partial charge >= 0.3 is 0 Å². The lowest BCUT2D eigenvalue weighted by Gasteiger charge is -2.08. The Bertz CT molecular complexity index is 561. The summed E-state index contributed by atoms with van der Waals surface area (Å²) in [7, 11) is 1.65. The van der Waals surface area contributed by atoms with Gasteiger partial charge in [-0.05, 0) is 37.3 Å². The Balaban J connectivity index is 2.20. The lowest BCUT2D eigenvalue weighted by atomic mass is 10.3. The molecule has 19 heavy (non-hydrogen) atoms. The minimum atomic E-state index is 0.482. The summed E-state index contributed by atoms with van der Waals surface area (Å²) in [5.41, 5.74) is 6.35. The molecule has 1 aromatic heterocycles. The van der Waals surface area contributed by atoms with Crippen molar-refractivity contribution in [2.45, 2.75) is 16.8 Å². The molecule has 1 aromatic carbocycles. The van der Waals surface area contributed by atoms with E-state index in [4.69, 9.17) is 15.2 Å². The maximum absolute atomic E-state index is 5.80. The zero-order valence-electron chi connectivity index (χ0n) is 10.9. The van der Waals surface area contributed by atoms with Gasteiger partial charge in [-0.3, -0.25) is 0 Å². The summed E-state index contributed by atoms with van der Waals surface area (Å²) in [6.07, 6.45) is 0. The molecule has 0 unspecified atom stereocenters. The molecule has 0 saturated heterocycles. The van der Waals surface area contributed by atoms with Crippen molar-refractivity contribution in [3.8, 4) is 11.6 Å². The SMILES string of the molecule is CCOc1nc(Sc2cccc(OC)c2)ccc1N. The van der Waals surface area contributed by atoms with Crippen molar-refractivity contribution in [1.29, 1.82) is 0 Å². The molecule has 0 saturated carbocycles. The van der Waals surface area contributed by atoms with Crippen molar-refractivity contribution in [3.05, 3.63) is 36.4 Å². The summed E-state index contributed by atoms with van der Waals surface area (Å²) in [4.78, 5) is 5.44. The van der Waals surface area contributed by atoms with Crippen LogP contribution in [-0.4, -0.2) is 18.7 Å². The average Bonchev–Trinajstić information content (AvgIpc) is 2.43. The van der Waals surface area contributed by atoms with Crippen molar-refractivity contribution >= 4 is 17.4 Å². The Hall–Kier alpha value is -1.88. The van der Waals surface area contributed by atoms with Crippen LogP contribution in [0.1, 0.15) is 6.92 Å². The topological polar surface area (TPSA) is 57.4 Å². The number of hydrogen-bond acceptors (Lipinski definition) is 5. The molecule has 0 radical (unpaired) electrons. The van der Waals surface area contributed by atoms with Gasteiger partial charge in [0.15, 0.2) is 0 Å². The van der Waals surface area contributed by atoms with Gasteiger partial charge in [-0.1, -0.05) is 17.8 Å². The second-order valence-electron chi connectivity index (χ2n) is 3.76. The normalized spacial score (nSPS) is 10.2. The van der Waals surface area contributed by atoms with Gasteiger partial charge in [-0.15, -0.1) is 0 Å². The van der Waals surface area contributed by atoms with E-state index in [1.54, 1.807) is 13.2 Å². The molecular formula is C14H16N2O2S. The Kier molecular flexibility index (Phi) is 4.52. The fourth-order valence-electron chi connectivity index (χ4n) is 1.53. The molecule has 1 heterocycles. The molecule has 0 aliphatic carbocycles. The van der Waals surface area contributed by atoms with E-state index >= 15 is 0 Å². The van der Waals surface area contributed by atoms with Crippen LogP contribution in [0.2, 0.25) is 0 Å². The Morgan fingerprint density at radius 3 is 2.84 bits per heavy atom. The molecule has 100 valence electrons. The number of ether oxygens (including phenoxy) is 2. The standard InChI is InChI=1S/C14H16N2O2S/c1-3-18-14-12(15)7-8-13(16-14)19-11-6-4-5-10(9-11)17-2/h4-9H,3,15H2,1-2H3. The number of nitrogens with zero attached hydrogens (tertiary/aromatic N) is 1. The largest absolute Gasteiger partial charge is 0.497 e. The van der Waals surface area contributed by atoms with Gasteiger partial charge in [0.1, 0.15) is 10.8 Å². The predicted molar refractivity (Wildman–Crippen MR) is 76.9 cm³/mol. The zero-order chi connectivity index (χ0) is 13.7. The van der Waals surface area contributed by atoms with E-state index in [0.29, 0.717) is 18.2 Å². The number of anilines is 1. The second kappa shape index (κ2) is 6.33. The van der Waals surface area contributed by atoms with E-state index in [2.05, 4.69) is 4.98 Å². The number of methoxy groups -OCH3 is 1. The van der Waals surface area contributed by atoms with E-state index in [1.165, 1.54) is 11.8 Å². The van der Waals surface area contributed by atoms with Crippen molar-refractivity contribution in [1.82, 2.24) is 4.98 Å². The van der Waals surface area contributed by atoms with Gasteiger partial charge < -0.3 is 15.2 Å². The van der Waals surface area contributed by atoms with Crippen LogP contribution in [0.25, 0.3) is 0 Å². The summed E-state index contributed by atoms with van der Waals surface area (Å²) < 4.78 is 10.6. The maximum atomic E-state index is 5.80. The molecule has 2 N–H and O–H groups in total. The first-order valence-electron chi connectivity index (χ1n) is 5.94. The molecule has 2 rings (SSSR count). The maximum Gasteiger partial charge on any atom is 0.238 e. The number of nitrogens with two attached hydrogens (primary N) is 1. The van der Waals surface area contributed by atoms with Crippen LogP contribution in [0.4, 0.5) is 5.69 Å². The lowest BCUT2D eigenvalue weighted by Crippen LogP contribution is -1.99. The van der Waals surface area contributed by atoms with E-state index in [1.807, 2.05) is 37.3 Å². The highest BCUT2D eigenvalue weighted by molar-refractivity contribution is 7.99. The summed E-state index contributed by atoms with van der Waals surface area (Å²) in [5, 5.41) is 0.839. The fourth-order valence-corrected chi connectivity index (χ4v) is 2.36. The van der Waals surface area contributed by atoms with Crippen LogP contribution >= 0.6 is 11.8 Å². The summed E-state index contributed by atoms with van der Waals surface area (Å²) in [5.74, 6) is 1.31. The van der Waals surface area contributed by atoms with E-state index in [-0.39, 0.29) is 0 Å². The minimum Gasteiger partial charge on any atom is -0.497 e. The molecule has 4 nitrogen and oxygen atoms in total. The quantitative estimate of drug-likeness (QED) is 0.908. The Morgan fingerprint density at radius 2 is 2.11 bits per heavy atom. The summed E-state index contributed by atoms with van der Waals surface area (Å²) in [6, 6.07) is 11.5. The predicted octanol–water partition coefficient (Wildman–Crippen LogP) is 3.22. The number of benzene rings is 1. The van der Waals surface area contributed by atoms with Crippen molar-refractivity contribution < 1.29 is 9.47 Å². The number of hydrogen-bond donors (Lipinski definition) is 1. The first-order chi connectivity index (χ1) is 9.22. The third kappa shape index (κ3) is 3.54. The van der Waals surface area contributed by atoms with Crippen LogP contribution < -0.4 is 15.2 Å². The summed E-state index contributed by atoms with van der Waals surface area (Å²) >= 11 is 1.54. The van der Waals surface area contributed by atoms with Crippen LogP contribution in [0.15, 0.2) is 46.3 Å². The van der Waals surface area contributed by atoms with Gasteiger partial charge in [-0.25, -0.2) is 4.98 Å². The number of aromatic nitrogens is 1. The monoisotopic (exact) mass is 276 g/mol. The van der Waals surface area contributed by atoms with Gasteiger partial charge in [0.25, 0.3) is 0 Å². The van der Waals surface area contributed by atoms with E-state index < -0.39 is 0 Å². The van der Waals surface area contributed by atoms with E-state index in [0.717, 1.165) is 15.7 Å². The summed E-state index contributed by atoms with van der Waals surface area (Å²) in [6.45, 7) is 2.45. The Morgan fingerprint density at radius 1 is 1.26 bits per heavy atom. The molecule has 0 fully saturated rings. The molecular weight excluding hydrogens is 260 g/mol. The van der Waals surface area contributed by atoms with E-state index in [9.17, 15) is 0 Å². The van der Waals surface area contributed by atoms with Gasteiger partial charge in [-0.2, -0.15) is 0 Å². The van der Waals surface area contributed by atoms with Crippen LogP contribution in [0.3, 0.4) is 0 Å². The van der Waals surface area contributed by atoms with Crippen LogP contribution in [-0.2, 0) is 0 Å². The van der Waals surface area contributed by atoms with Crippen molar-refractivity contribution in [2.75, 3.05) is 19.5 Å². The molecule has 0 aliphatic rings. The van der Waals surface area contributed by atoms with Gasteiger partial charge in [0.2, 0.25) is 5.88 Å². The third-order valence-electron chi connectivity index (χ3n) is 2.41. The Labute approximate surface area is 116 Å². The highest BCUT2D eigenvalue weighted by Crippen LogP contribution is 2.31. The van der Waals surface area contributed by atoms with Crippen LogP contribution in [0, 0.1) is 0 Å². The first-order valence-corrected chi connectivity index (χ1v) is 6.75. The van der Waals surface area contributed by atoms with Crippen LogP contribution in [0.5, 0.6) is 11.6 Å². The highest BCUT2D eigenvalue weighted by atomic mass is 32.2. The smallest absolute Gasteiger partial charge is 0.238 e. The molecule has 0 spiro atoms. The molecule has 0 bridgehead atoms. The molecule has 0 aliphatic heterocycles. The molecule has 2 aromatic rings. The molecule has 0 atom stereocenters. The van der Waals surface area contributed by atoms with Crippen molar-refractivity contribution in [3.63, 3.8) is 0 Å². The number of pyridine rings is 1. The zero-order valence-corrected chi connectivity index (χ0v) is 11.7. The lowest BCUT2D eigenvalue weighted by molar-refractivity contribution is 0.326. The molecule has 5 heteroatoms. The minimum absolute atomic E-state index is 0.482. The second-order valence-corrected chi connectivity index (χ2v) is 4.85. The number of rotatable bonds is 5. The number of nitrogen functional groups attached to an aromatic ring is 1. The third-order valence-corrected chi connectivity index (χ3v) is 3.33. The molecule has 0 amide bonds. The average molecular weight is 276 g/mol.